The summed E-state index contributed by atoms with van der Waals surface area (Å²) in [5.74, 6) is 0.717. The van der Waals surface area contributed by atoms with E-state index in [0.717, 1.165) is 36.1 Å². The number of amides is 2. The van der Waals surface area contributed by atoms with E-state index in [1.807, 2.05) is 58.0 Å². The van der Waals surface area contributed by atoms with Crippen LogP contribution in [0.4, 0.5) is 4.79 Å². The molecule has 29 heavy (non-hydrogen) atoms. The van der Waals surface area contributed by atoms with Crippen LogP contribution in [0.15, 0.2) is 34.9 Å². The highest BCUT2D eigenvalue weighted by Gasteiger charge is 2.17. The summed E-state index contributed by atoms with van der Waals surface area (Å²) in [5, 5.41) is 6.75. The van der Waals surface area contributed by atoms with E-state index in [1.54, 1.807) is 6.21 Å². The fourth-order valence-corrected chi connectivity index (χ4v) is 2.73. The van der Waals surface area contributed by atoms with Crippen LogP contribution in [0, 0.1) is 0 Å². The van der Waals surface area contributed by atoms with Crippen LogP contribution in [0.2, 0.25) is 0 Å². The zero-order valence-electron chi connectivity index (χ0n) is 17.7. The maximum absolute atomic E-state index is 11.9. The number of fused-ring (bicyclic) bond motifs is 1. The zero-order valence-corrected chi connectivity index (χ0v) is 17.7. The van der Waals surface area contributed by atoms with Crippen LogP contribution in [0.3, 0.4) is 0 Å². The standard InChI is InChI=1S/C22H31N3O4/c1-16-18(14-17-10-7-8-11-19(17)28-16)15-24-25-20(26)12-6-5-9-13-23-21(27)29-22(2,3)4/h7-8,10-11,14-16H,5-6,9,12-13H2,1-4H3,(H,23,27)(H,25,26)/b24-15-/t16-/m0/s1. The van der Waals surface area contributed by atoms with E-state index in [0.29, 0.717) is 13.0 Å². The summed E-state index contributed by atoms with van der Waals surface area (Å²) >= 11 is 0. The summed E-state index contributed by atoms with van der Waals surface area (Å²) in [4.78, 5) is 23.4. The molecular formula is C22H31N3O4. The Morgan fingerprint density at radius 2 is 1.97 bits per heavy atom. The van der Waals surface area contributed by atoms with Crippen LogP contribution in [-0.2, 0) is 9.53 Å². The van der Waals surface area contributed by atoms with Crippen LogP contribution < -0.4 is 15.5 Å². The van der Waals surface area contributed by atoms with Gasteiger partial charge in [0.2, 0.25) is 5.91 Å². The van der Waals surface area contributed by atoms with Crippen molar-refractivity contribution in [1.82, 2.24) is 10.7 Å². The Kier molecular flexibility index (Phi) is 8.24. The number of unbranched alkanes of at least 4 members (excludes halogenated alkanes) is 2. The predicted molar refractivity (Wildman–Crippen MR) is 114 cm³/mol. The molecule has 158 valence electrons. The Morgan fingerprint density at radius 3 is 2.72 bits per heavy atom. The van der Waals surface area contributed by atoms with Crippen molar-refractivity contribution in [3.63, 3.8) is 0 Å². The summed E-state index contributed by atoms with van der Waals surface area (Å²) in [6, 6.07) is 7.80. The number of hydrazone groups is 1. The van der Waals surface area contributed by atoms with Crippen molar-refractivity contribution in [3.8, 4) is 5.75 Å². The average molecular weight is 402 g/mol. The van der Waals surface area contributed by atoms with Gasteiger partial charge in [-0.3, -0.25) is 4.79 Å². The summed E-state index contributed by atoms with van der Waals surface area (Å²) in [5.41, 5.74) is 3.96. The number of carbonyl (C=O) groups is 2. The predicted octanol–water partition coefficient (Wildman–Crippen LogP) is 4.04. The van der Waals surface area contributed by atoms with Crippen LogP contribution in [0.1, 0.15) is 58.9 Å². The minimum atomic E-state index is -0.496. The summed E-state index contributed by atoms with van der Waals surface area (Å²) < 4.78 is 11.0. The fourth-order valence-electron chi connectivity index (χ4n) is 2.73. The molecule has 1 atom stereocenters. The van der Waals surface area contributed by atoms with Crippen LogP contribution in [0.5, 0.6) is 5.75 Å². The first-order valence-corrected chi connectivity index (χ1v) is 10.0. The molecule has 1 heterocycles. The molecule has 1 aliphatic rings. The van der Waals surface area contributed by atoms with Crippen molar-refractivity contribution >= 4 is 24.3 Å². The number of ether oxygens (including phenoxy) is 2. The molecule has 1 aromatic carbocycles. The Bertz CT molecular complexity index is 766. The van der Waals surface area contributed by atoms with E-state index in [-0.39, 0.29) is 12.0 Å². The Hall–Kier alpha value is -2.83. The Labute approximate surface area is 172 Å². The van der Waals surface area contributed by atoms with Crippen molar-refractivity contribution in [3.05, 3.63) is 35.4 Å². The van der Waals surface area contributed by atoms with E-state index in [2.05, 4.69) is 15.8 Å². The molecule has 0 saturated heterocycles. The molecule has 1 aromatic rings. The van der Waals surface area contributed by atoms with Gasteiger partial charge < -0.3 is 14.8 Å². The number of carbonyl (C=O) groups excluding carboxylic acids is 2. The summed E-state index contributed by atoms with van der Waals surface area (Å²) in [6.07, 6.45) is 5.84. The highest BCUT2D eigenvalue weighted by Crippen LogP contribution is 2.28. The molecule has 2 rings (SSSR count). The molecule has 0 saturated carbocycles. The van der Waals surface area contributed by atoms with E-state index in [1.165, 1.54) is 0 Å². The second kappa shape index (κ2) is 10.6. The second-order valence-corrected chi connectivity index (χ2v) is 7.97. The summed E-state index contributed by atoms with van der Waals surface area (Å²) in [6.45, 7) is 7.95. The van der Waals surface area contributed by atoms with Crippen LogP contribution in [-0.4, -0.2) is 36.5 Å². The van der Waals surface area contributed by atoms with E-state index in [9.17, 15) is 9.59 Å². The van der Waals surface area contributed by atoms with Crippen LogP contribution in [0.25, 0.3) is 6.08 Å². The van der Waals surface area contributed by atoms with Gasteiger partial charge in [0, 0.05) is 24.1 Å². The first-order valence-electron chi connectivity index (χ1n) is 10.0. The molecule has 0 radical (unpaired) electrons. The van der Waals surface area contributed by atoms with Gasteiger partial charge in [-0.15, -0.1) is 0 Å². The maximum atomic E-state index is 11.9. The molecule has 0 unspecified atom stereocenters. The van der Waals surface area contributed by atoms with Gasteiger partial charge in [-0.05, 0) is 52.7 Å². The number of alkyl carbamates (subject to hydrolysis) is 1. The largest absolute Gasteiger partial charge is 0.485 e. The smallest absolute Gasteiger partial charge is 0.407 e. The normalized spacial score (nSPS) is 15.9. The Morgan fingerprint density at radius 1 is 1.21 bits per heavy atom. The van der Waals surface area contributed by atoms with E-state index >= 15 is 0 Å². The molecule has 0 spiro atoms. The van der Waals surface area contributed by atoms with Gasteiger partial charge in [-0.2, -0.15) is 5.10 Å². The lowest BCUT2D eigenvalue weighted by Gasteiger charge is -2.22. The molecular weight excluding hydrogens is 370 g/mol. The average Bonchev–Trinajstić information content (AvgIpc) is 2.63. The number of hydrogen-bond acceptors (Lipinski definition) is 5. The number of hydrogen-bond donors (Lipinski definition) is 2. The second-order valence-electron chi connectivity index (χ2n) is 7.97. The third-order valence-electron chi connectivity index (χ3n) is 4.17. The lowest BCUT2D eigenvalue weighted by Crippen LogP contribution is -2.33. The van der Waals surface area contributed by atoms with Crippen molar-refractivity contribution in [2.45, 2.75) is 65.1 Å². The molecule has 0 bridgehead atoms. The van der Waals surface area contributed by atoms with Gasteiger partial charge in [0.25, 0.3) is 0 Å². The zero-order chi connectivity index (χ0) is 21.3. The van der Waals surface area contributed by atoms with Crippen molar-refractivity contribution in [2.24, 2.45) is 5.10 Å². The highest BCUT2D eigenvalue weighted by atomic mass is 16.6. The maximum Gasteiger partial charge on any atom is 0.407 e. The number of nitrogens with one attached hydrogen (secondary N) is 2. The quantitative estimate of drug-likeness (QED) is 0.391. The number of benzene rings is 1. The van der Waals surface area contributed by atoms with Crippen molar-refractivity contribution in [1.29, 1.82) is 0 Å². The first kappa shape index (κ1) is 22.5. The molecule has 0 aliphatic carbocycles. The van der Waals surface area contributed by atoms with E-state index < -0.39 is 11.7 Å². The van der Waals surface area contributed by atoms with E-state index in [4.69, 9.17) is 9.47 Å². The monoisotopic (exact) mass is 401 g/mol. The van der Waals surface area contributed by atoms with Gasteiger partial charge in [-0.25, -0.2) is 10.2 Å². The number of nitrogens with zero attached hydrogens (tertiary/aromatic N) is 1. The van der Waals surface area contributed by atoms with Gasteiger partial charge >= 0.3 is 6.09 Å². The van der Waals surface area contributed by atoms with Gasteiger partial charge in [0.15, 0.2) is 0 Å². The molecule has 1 aliphatic heterocycles. The lowest BCUT2D eigenvalue weighted by atomic mass is 10.0. The van der Waals surface area contributed by atoms with Gasteiger partial charge in [0.05, 0.1) is 6.21 Å². The molecule has 0 fully saturated rings. The third-order valence-corrected chi connectivity index (χ3v) is 4.17. The molecule has 7 nitrogen and oxygen atoms in total. The fraction of sp³-hybridized carbons (Fsp3) is 0.500. The highest BCUT2D eigenvalue weighted by molar-refractivity contribution is 5.89. The minimum absolute atomic E-state index is 0.122. The molecule has 7 heteroatoms. The first-order chi connectivity index (χ1) is 13.7. The van der Waals surface area contributed by atoms with Crippen LogP contribution >= 0.6 is 0 Å². The topological polar surface area (TPSA) is 89.0 Å². The minimum Gasteiger partial charge on any atom is -0.485 e. The SMILES string of the molecule is C[C@@H]1Oc2ccccc2C=C1/C=N\NC(=O)CCCCCNC(=O)OC(C)(C)C. The van der Waals surface area contributed by atoms with Crippen molar-refractivity contribution < 1.29 is 19.1 Å². The molecule has 2 N–H and O–H groups in total. The van der Waals surface area contributed by atoms with Gasteiger partial charge in [-0.1, -0.05) is 24.6 Å². The van der Waals surface area contributed by atoms with Crippen molar-refractivity contribution in [2.75, 3.05) is 6.54 Å². The Balaban J connectivity index is 1.62. The third kappa shape index (κ3) is 8.37. The lowest BCUT2D eigenvalue weighted by molar-refractivity contribution is -0.121. The number of para-hydroxylation sites is 1. The number of rotatable bonds is 8. The van der Waals surface area contributed by atoms with Gasteiger partial charge in [0.1, 0.15) is 17.5 Å². The molecule has 2 amide bonds. The summed E-state index contributed by atoms with van der Waals surface area (Å²) in [7, 11) is 0. The molecule has 0 aromatic heterocycles.